The highest BCUT2D eigenvalue weighted by Gasteiger charge is 2.21. The van der Waals surface area contributed by atoms with E-state index in [-0.39, 0.29) is 5.91 Å². The van der Waals surface area contributed by atoms with Gasteiger partial charge in [0.2, 0.25) is 5.91 Å². The molecule has 0 aliphatic heterocycles. The molecule has 0 fully saturated rings. The fraction of sp³-hybridized carbons (Fsp3) is 0.312. The minimum absolute atomic E-state index is 0.000701. The number of benzene rings is 1. The van der Waals surface area contributed by atoms with Crippen molar-refractivity contribution < 1.29 is 4.79 Å². The highest BCUT2D eigenvalue weighted by molar-refractivity contribution is 7.19. The Hall–Kier alpha value is -1.61. The Bertz CT molecular complexity index is 670. The lowest BCUT2D eigenvalue weighted by Crippen LogP contribution is -2.04. The van der Waals surface area contributed by atoms with Crippen molar-refractivity contribution in [2.75, 3.05) is 5.32 Å². The van der Waals surface area contributed by atoms with Gasteiger partial charge < -0.3 is 5.32 Å². The third kappa shape index (κ3) is 2.19. The summed E-state index contributed by atoms with van der Waals surface area (Å²) in [4.78, 5) is 12.5. The minimum atomic E-state index is -0.000701. The number of aryl methyl sites for hydroxylation is 3. The number of carbonyl (C=O) groups is 1. The van der Waals surface area contributed by atoms with Crippen LogP contribution >= 0.6 is 11.3 Å². The molecule has 1 aromatic carbocycles. The van der Waals surface area contributed by atoms with Crippen LogP contribution < -0.4 is 5.32 Å². The van der Waals surface area contributed by atoms with E-state index in [1.807, 2.05) is 0 Å². The average Bonchev–Trinajstić information content (AvgIpc) is 2.70. The number of rotatable bonds is 1. The number of amides is 1. The van der Waals surface area contributed by atoms with Crippen LogP contribution in [0.2, 0.25) is 0 Å². The Balaban J connectivity index is 2.13. The molecule has 98 valence electrons. The molecule has 1 heterocycles. The molecule has 0 spiro atoms. The van der Waals surface area contributed by atoms with Gasteiger partial charge in [0.15, 0.2) is 0 Å². The van der Waals surface area contributed by atoms with Gasteiger partial charge in [-0.3, -0.25) is 4.79 Å². The van der Waals surface area contributed by atoms with Crippen molar-refractivity contribution in [3.63, 3.8) is 0 Å². The fourth-order valence-corrected chi connectivity index (χ4v) is 4.07. The first kappa shape index (κ1) is 12.4. The molecule has 0 saturated heterocycles. The van der Waals surface area contributed by atoms with Crippen LogP contribution in [0, 0.1) is 13.8 Å². The van der Waals surface area contributed by atoms with E-state index in [4.69, 9.17) is 0 Å². The molecule has 0 saturated carbocycles. The molecule has 2 nitrogen and oxygen atoms in total. The van der Waals surface area contributed by atoms with Crippen molar-refractivity contribution in [2.24, 2.45) is 0 Å². The zero-order chi connectivity index (χ0) is 13.6. The van der Waals surface area contributed by atoms with Crippen LogP contribution in [-0.2, 0) is 17.6 Å². The molecule has 0 atom stereocenters. The van der Waals surface area contributed by atoms with Gasteiger partial charge in [-0.25, -0.2) is 0 Å². The van der Waals surface area contributed by atoms with Gasteiger partial charge in [-0.15, -0.1) is 11.3 Å². The summed E-state index contributed by atoms with van der Waals surface area (Å²) in [5.74, 6) is -0.000701. The van der Waals surface area contributed by atoms with E-state index < -0.39 is 0 Å². The first-order valence-electron chi connectivity index (χ1n) is 6.55. The van der Waals surface area contributed by atoms with E-state index >= 15 is 0 Å². The number of hydrogen-bond donors (Lipinski definition) is 1. The largest absolute Gasteiger partial charge is 0.318 e. The molecular weight excluding hydrogens is 254 g/mol. The van der Waals surface area contributed by atoms with E-state index in [2.05, 4.69) is 37.4 Å². The Morgan fingerprint density at radius 1 is 1.21 bits per heavy atom. The van der Waals surface area contributed by atoms with E-state index in [9.17, 15) is 4.79 Å². The van der Waals surface area contributed by atoms with Gasteiger partial charge in [0.1, 0.15) is 0 Å². The van der Waals surface area contributed by atoms with Crippen LogP contribution in [0.4, 0.5) is 5.00 Å². The number of fused-ring (bicyclic) bond motifs is 3. The number of thiophene rings is 1. The molecule has 3 rings (SSSR count). The molecule has 1 aromatic heterocycles. The van der Waals surface area contributed by atoms with E-state index in [0.717, 1.165) is 17.8 Å². The smallest absolute Gasteiger partial charge is 0.221 e. The summed E-state index contributed by atoms with van der Waals surface area (Å²) in [6.45, 7) is 5.89. The lowest BCUT2D eigenvalue weighted by atomic mass is 9.87. The molecule has 0 unspecified atom stereocenters. The maximum atomic E-state index is 11.2. The summed E-state index contributed by atoms with van der Waals surface area (Å²) < 4.78 is 0. The number of carbonyl (C=O) groups excluding carboxylic acids is 1. The SMILES string of the molecule is CC(=O)Nc1cc2c(s1)-c1cc(C)cc(C)c1CC2. The highest BCUT2D eigenvalue weighted by Crippen LogP contribution is 2.43. The van der Waals surface area contributed by atoms with Crippen LogP contribution in [-0.4, -0.2) is 5.91 Å². The maximum absolute atomic E-state index is 11.2. The molecule has 1 N–H and O–H groups in total. The van der Waals surface area contributed by atoms with Crippen LogP contribution in [0.25, 0.3) is 10.4 Å². The lowest BCUT2D eigenvalue weighted by molar-refractivity contribution is -0.114. The Kier molecular flexibility index (Phi) is 2.94. The van der Waals surface area contributed by atoms with Gasteiger partial charge >= 0.3 is 0 Å². The standard InChI is InChI=1S/C16H17NOS/c1-9-6-10(2)13-5-4-12-8-15(17-11(3)18)19-16(12)14(13)7-9/h6-8H,4-5H2,1-3H3,(H,17,18). The van der Waals surface area contributed by atoms with E-state index in [0.29, 0.717) is 0 Å². The zero-order valence-corrected chi connectivity index (χ0v) is 12.3. The van der Waals surface area contributed by atoms with Gasteiger partial charge in [-0.1, -0.05) is 17.7 Å². The fourth-order valence-electron chi connectivity index (χ4n) is 2.87. The average molecular weight is 271 g/mol. The van der Waals surface area contributed by atoms with Gasteiger partial charge in [0.05, 0.1) is 5.00 Å². The Morgan fingerprint density at radius 2 is 2.00 bits per heavy atom. The zero-order valence-electron chi connectivity index (χ0n) is 11.5. The molecule has 19 heavy (non-hydrogen) atoms. The number of hydrogen-bond acceptors (Lipinski definition) is 2. The van der Waals surface area contributed by atoms with Gasteiger partial charge in [-0.05, 0) is 55.0 Å². The van der Waals surface area contributed by atoms with Crippen LogP contribution in [0.1, 0.15) is 29.2 Å². The van der Waals surface area contributed by atoms with Crippen molar-refractivity contribution in [2.45, 2.75) is 33.6 Å². The second kappa shape index (κ2) is 4.49. The van der Waals surface area contributed by atoms with E-state index in [1.54, 1.807) is 18.3 Å². The molecule has 2 aromatic rings. The summed E-state index contributed by atoms with van der Waals surface area (Å²) in [5.41, 5.74) is 6.88. The van der Waals surface area contributed by atoms with Gasteiger partial charge in [0, 0.05) is 11.8 Å². The van der Waals surface area contributed by atoms with Gasteiger partial charge in [0.25, 0.3) is 0 Å². The van der Waals surface area contributed by atoms with Crippen molar-refractivity contribution in [3.05, 3.63) is 40.5 Å². The monoisotopic (exact) mass is 271 g/mol. The summed E-state index contributed by atoms with van der Waals surface area (Å²) in [6, 6.07) is 6.66. The molecule has 1 aliphatic rings. The molecule has 0 bridgehead atoms. The quantitative estimate of drug-likeness (QED) is 0.831. The molecule has 1 amide bonds. The van der Waals surface area contributed by atoms with Crippen LogP contribution in [0.15, 0.2) is 18.2 Å². The molecule has 3 heteroatoms. The first-order valence-corrected chi connectivity index (χ1v) is 7.37. The van der Waals surface area contributed by atoms with E-state index in [1.165, 1.54) is 32.7 Å². The topological polar surface area (TPSA) is 29.1 Å². The summed E-state index contributed by atoms with van der Waals surface area (Å²) >= 11 is 1.69. The second-order valence-corrected chi connectivity index (χ2v) is 6.31. The minimum Gasteiger partial charge on any atom is -0.318 e. The molecular formula is C16H17NOS. The summed E-state index contributed by atoms with van der Waals surface area (Å²) in [6.07, 6.45) is 2.17. The maximum Gasteiger partial charge on any atom is 0.221 e. The van der Waals surface area contributed by atoms with Crippen molar-refractivity contribution in [1.29, 1.82) is 0 Å². The lowest BCUT2D eigenvalue weighted by Gasteiger charge is -2.19. The predicted molar refractivity (Wildman–Crippen MR) is 80.9 cm³/mol. The third-order valence-electron chi connectivity index (χ3n) is 3.61. The van der Waals surface area contributed by atoms with Crippen molar-refractivity contribution in [1.82, 2.24) is 0 Å². The number of nitrogens with one attached hydrogen (secondary N) is 1. The molecule has 0 radical (unpaired) electrons. The summed E-state index contributed by atoms with van der Waals surface area (Å²) in [7, 11) is 0. The second-order valence-electron chi connectivity index (χ2n) is 5.25. The Labute approximate surface area is 117 Å². The number of anilines is 1. The van der Waals surface area contributed by atoms with Crippen molar-refractivity contribution in [3.8, 4) is 10.4 Å². The summed E-state index contributed by atoms with van der Waals surface area (Å²) in [5, 5.41) is 3.86. The Morgan fingerprint density at radius 3 is 2.74 bits per heavy atom. The third-order valence-corrected chi connectivity index (χ3v) is 4.74. The highest BCUT2D eigenvalue weighted by atomic mass is 32.1. The van der Waals surface area contributed by atoms with Crippen molar-refractivity contribution >= 4 is 22.2 Å². The van der Waals surface area contributed by atoms with Crippen LogP contribution in [0.5, 0.6) is 0 Å². The van der Waals surface area contributed by atoms with Gasteiger partial charge in [-0.2, -0.15) is 0 Å². The molecule has 1 aliphatic carbocycles. The normalized spacial score (nSPS) is 12.8. The van der Waals surface area contributed by atoms with Crippen LogP contribution in [0.3, 0.4) is 0 Å². The predicted octanol–water partition coefficient (Wildman–Crippen LogP) is 4.09. The first-order chi connectivity index (χ1) is 9.04.